The molecule has 0 spiro atoms. The van der Waals surface area contributed by atoms with Crippen molar-refractivity contribution in [1.29, 1.82) is 0 Å². The zero-order valence-electron chi connectivity index (χ0n) is 9.91. The number of carbonyl (C=O) groups excluding carboxylic acids is 1. The molecule has 18 heavy (non-hydrogen) atoms. The number of nitrogens with two attached hydrogens (primary N) is 1. The van der Waals surface area contributed by atoms with Crippen LogP contribution in [0.4, 0.5) is 5.13 Å². The third kappa shape index (κ3) is 3.81. The predicted octanol–water partition coefficient (Wildman–Crippen LogP) is 0.756. The highest BCUT2D eigenvalue weighted by atomic mass is 32.1. The smallest absolute Gasteiger partial charge is 0.344 e. The molecule has 1 aromatic heterocycles. The van der Waals surface area contributed by atoms with Gasteiger partial charge >= 0.3 is 5.97 Å². The van der Waals surface area contributed by atoms with Gasteiger partial charge in [0, 0.05) is 11.3 Å². The molecule has 0 fully saturated rings. The molecule has 1 rings (SSSR count). The molecule has 1 aromatic rings. The number of nitrogen functional groups attached to an aromatic ring is 1. The summed E-state index contributed by atoms with van der Waals surface area (Å²) in [6.45, 7) is 2.78. The molecule has 0 atom stereocenters. The van der Waals surface area contributed by atoms with E-state index in [1.165, 1.54) is 0 Å². The highest BCUT2D eigenvalue weighted by Gasteiger charge is 2.21. The van der Waals surface area contributed by atoms with Crippen LogP contribution in [-0.2, 0) is 14.4 Å². The monoisotopic (exact) mass is 271 g/mol. The van der Waals surface area contributed by atoms with Gasteiger partial charge in [-0.3, -0.25) is 4.79 Å². The maximum atomic E-state index is 11.9. The van der Waals surface area contributed by atoms with Crippen molar-refractivity contribution in [2.45, 2.75) is 13.8 Å². The third-order valence-electron chi connectivity index (χ3n) is 1.87. The Hall–Kier alpha value is -1.96. The molecule has 0 saturated heterocycles. The highest BCUT2D eigenvalue weighted by Crippen LogP contribution is 2.14. The molecular weight excluding hydrogens is 258 g/mol. The normalized spacial score (nSPS) is 11.6. The van der Waals surface area contributed by atoms with Crippen molar-refractivity contribution < 1.29 is 19.5 Å². The number of Topliss-reactive ketones (excluding diaryl/α,β-unsaturated/α-hetero) is 1. The van der Waals surface area contributed by atoms with E-state index in [4.69, 9.17) is 10.8 Å². The second-order valence-electron chi connectivity index (χ2n) is 3.70. The average Bonchev–Trinajstić information content (AvgIpc) is 2.69. The Morgan fingerprint density at radius 1 is 1.61 bits per heavy atom. The lowest BCUT2D eigenvalue weighted by Crippen LogP contribution is -2.22. The summed E-state index contributed by atoms with van der Waals surface area (Å²) in [6, 6.07) is 0. The fourth-order valence-corrected chi connectivity index (χ4v) is 1.59. The molecule has 0 radical (unpaired) electrons. The van der Waals surface area contributed by atoms with E-state index in [1.54, 1.807) is 19.2 Å². The first-order valence-electron chi connectivity index (χ1n) is 5.09. The number of anilines is 1. The van der Waals surface area contributed by atoms with Gasteiger partial charge in [0.05, 0.1) is 0 Å². The Labute approximate surface area is 107 Å². The summed E-state index contributed by atoms with van der Waals surface area (Å²) >= 11 is 1.16. The van der Waals surface area contributed by atoms with Crippen molar-refractivity contribution in [1.82, 2.24) is 4.98 Å². The number of rotatable bonds is 6. The maximum absolute atomic E-state index is 11.9. The lowest BCUT2D eigenvalue weighted by molar-refractivity contribution is -0.142. The number of oxime groups is 1. The second kappa shape index (κ2) is 6.10. The second-order valence-corrected chi connectivity index (χ2v) is 4.59. The zero-order valence-corrected chi connectivity index (χ0v) is 10.7. The number of aromatic nitrogens is 1. The van der Waals surface area contributed by atoms with Gasteiger partial charge in [-0.15, -0.1) is 11.3 Å². The summed E-state index contributed by atoms with van der Waals surface area (Å²) in [5, 5.41) is 13.8. The predicted molar refractivity (Wildman–Crippen MR) is 66.5 cm³/mol. The molecule has 0 aliphatic rings. The molecule has 0 bridgehead atoms. The van der Waals surface area contributed by atoms with E-state index in [1.807, 2.05) is 0 Å². The largest absolute Gasteiger partial charge is 0.479 e. The molecule has 3 N–H and O–H groups in total. The first-order valence-corrected chi connectivity index (χ1v) is 5.97. The first kappa shape index (κ1) is 14.1. The number of hydrogen-bond acceptors (Lipinski definition) is 7. The van der Waals surface area contributed by atoms with Gasteiger partial charge in [0.15, 0.2) is 16.6 Å². The number of carboxylic acids is 1. The Morgan fingerprint density at radius 3 is 2.72 bits per heavy atom. The fraction of sp³-hybridized carbons (Fsp3) is 0.400. The van der Waals surface area contributed by atoms with Crippen LogP contribution in [0.1, 0.15) is 19.5 Å². The van der Waals surface area contributed by atoms with Gasteiger partial charge in [0.1, 0.15) is 5.69 Å². The van der Waals surface area contributed by atoms with Gasteiger partial charge in [0.2, 0.25) is 6.61 Å². The van der Waals surface area contributed by atoms with E-state index in [0.29, 0.717) is 10.8 Å². The Bertz CT molecular complexity index is 481. The molecule has 0 aromatic carbocycles. The molecule has 0 saturated carbocycles. The van der Waals surface area contributed by atoms with Crippen molar-refractivity contribution in [3.8, 4) is 0 Å². The van der Waals surface area contributed by atoms with Crippen LogP contribution in [0.15, 0.2) is 10.5 Å². The highest BCUT2D eigenvalue weighted by molar-refractivity contribution is 7.13. The van der Waals surface area contributed by atoms with Crippen LogP contribution in [0.25, 0.3) is 0 Å². The van der Waals surface area contributed by atoms with Crippen molar-refractivity contribution >= 4 is 33.9 Å². The van der Waals surface area contributed by atoms with Gasteiger partial charge in [-0.05, 0) is 0 Å². The Balaban J connectivity index is 2.95. The molecule has 98 valence electrons. The van der Waals surface area contributed by atoms with E-state index >= 15 is 0 Å². The van der Waals surface area contributed by atoms with E-state index in [2.05, 4.69) is 15.0 Å². The molecule has 0 unspecified atom stereocenters. The molecule has 0 aliphatic carbocycles. The van der Waals surface area contributed by atoms with Crippen LogP contribution in [0.3, 0.4) is 0 Å². The number of nitrogens with zero attached hydrogens (tertiary/aromatic N) is 2. The van der Waals surface area contributed by atoms with E-state index in [0.717, 1.165) is 11.3 Å². The van der Waals surface area contributed by atoms with Crippen LogP contribution in [0.5, 0.6) is 0 Å². The summed E-state index contributed by atoms with van der Waals surface area (Å²) < 4.78 is 0. The molecular formula is C10H13N3O4S. The van der Waals surface area contributed by atoms with E-state index in [9.17, 15) is 9.59 Å². The van der Waals surface area contributed by atoms with Crippen LogP contribution in [0.2, 0.25) is 0 Å². The van der Waals surface area contributed by atoms with Gasteiger partial charge in [0.25, 0.3) is 0 Å². The first-order chi connectivity index (χ1) is 8.41. The van der Waals surface area contributed by atoms with Crippen LogP contribution in [-0.4, -0.2) is 34.2 Å². The van der Waals surface area contributed by atoms with Crippen molar-refractivity contribution in [3.63, 3.8) is 0 Å². The maximum Gasteiger partial charge on any atom is 0.344 e. The van der Waals surface area contributed by atoms with Gasteiger partial charge in [-0.1, -0.05) is 19.0 Å². The number of thiazole rings is 1. The van der Waals surface area contributed by atoms with Crippen molar-refractivity contribution in [3.05, 3.63) is 11.1 Å². The minimum atomic E-state index is -1.17. The van der Waals surface area contributed by atoms with Crippen LogP contribution in [0, 0.1) is 5.92 Å². The minimum absolute atomic E-state index is 0.0146. The number of carboxylic acid groups (broad SMARTS) is 1. The fourth-order valence-electron chi connectivity index (χ4n) is 1.04. The number of ketones is 1. The van der Waals surface area contributed by atoms with Gasteiger partial charge in [-0.2, -0.15) is 0 Å². The summed E-state index contributed by atoms with van der Waals surface area (Å²) in [4.78, 5) is 30.7. The molecule has 8 heteroatoms. The number of carbonyl (C=O) groups is 2. The summed E-state index contributed by atoms with van der Waals surface area (Å²) in [6.07, 6.45) is 0. The van der Waals surface area contributed by atoms with Gasteiger partial charge in [-0.25, -0.2) is 9.78 Å². The van der Waals surface area contributed by atoms with E-state index < -0.39 is 12.6 Å². The Kier molecular flexibility index (Phi) is 4.78. The van der Waals surface area contributed by atoms with Crippen molar-refractivity contribution in [2.24, 2.45) is 11.1 Å². The quantitative estimate of drug-likeness (QED) is 0.583. The summed E-state index contributed by atoms with van der Waals surface area (Å²) in [5.74, 6) is -1.77. The van der Waals surface area contributed by atoms with Crippen molar-refractivity contribution in [2.75, 3.05) is 12.3 Å². The molecule has 7 nitrogen and oxygen atoms in total. The lowest BCUT2D eigenvalue weighted by Gasteiger charge is -2.05. The molecule has 0 aliphatic heterocycles. The topological polar surface area (TPSA) is 115 Å². The lowest BCUT2D eigenvalue weighted by atomic mass is 10.0. The zero-order chi connectivity index (χ0) is 13.7. The number of hydrogen-bond donors (Lipinski definition) is 2. The number of aliphatic carboxylic acids is 1. The van der Waals surface area contributed by atoms with Crippen LogP contribution < -0.4 is 5.73 Å². The Morgan fingerprint density at radius 2 is 2.28 bits per heavy atom. The SMILES string of the molecule is CC(C)C(=O)/C(=N\OCC(=O)O)c1csc(N)n1. The summed E-state index contributed by atoms with van der Waals surface area (Å²) in [7, 11) is 0. The minimum Gasteiger partial charge on any atom is -0.479 e. The molecule has 1 heterocycles. The standard InChI is InChI=1S/C10H13N3O4S/c1-5(2)9(16)8(13-17-3-7(14)15)6-4-18-10(11)12-6/h4-5H,3H2,1-2H3,(H2,11,12)(H,14,15)/b13-8-. The van der Waals surface area contributed by atoms with E-state index in [-0.39, 0.29) is 17.4 Å². The third-order valence-corrected chi connectivity index (χ3v) is 2.54. The van der Waals surface area contributed by atoms with Crippen LogP contribution >= 0.6 is 11.3 Å². The summed E-state index contributed by atoms with van der Waals surface area (Å²) in [5.41, 5.74) is 5.75. The van der Waals surface area contributed by atoms with Gasteiger partial charge < -0.3 is 15.7 Å². The molecule has 0 amide bonds. The average molecular weight is 271 g/mol.